The van der Waals surface area contributed by atoms with Crippen LogP contribution < -0.4 is 5.32 Å². The maximum Gasteiger partial charge on any atom is 0.243 e. The standard InChI is InChI=1S/C28H30Cl2N2O2S/c1-3-20(2)31-28(34)26(17-21-10-6-4-7-11-21)32(18-22-14-15-24(29)25(30)16-22)27(33)19-35-23-12-8-5-9-13-23/h4-16,20,26H,3,17-19H2,1-2H3,(H,31,34). The Morgan fingerprint density at radius 1 is 0.914 bits per heavy atom. The van der Waals surface area contributed by atoms with Crippen molar-refractivity contribution in [3.63, 3.8) is 0 Å². The van der Waals surface area contributed by atoms with Crippen molar-refractivity contribution in [3.8, 4) is 0 Å². The molecule has 0 heterocycles. The first-order valence-corrected chi connectivity index (χ1v) is 13.4. The molecule has 4 nitrogen and oxygen atoms in total. The third-order valence-corrected chi connectivity index (χ3v) is 7.45. The molecule has 0 saturated heterocycles. The molecule has 0 aliphatic carbocycles. The van der Waals surface area contributed by atoms with Crippen molar-refractivity contribution in [1.82, 2.24) is 10.2 Å². The average molecular weight is 530 g/mol. The number of nitrogens with one attached hydrogen (secondary N) is 1. The van der Waals surface area contributed by atoms with Gasteiger partial charge in [-0.25, -0.2) is 0 Å². The summed E-state index contributed by atoms with van der Waals surface area (Å²) in [5, 5.41) is 3.94. The first kappa shape index (κ1) is 27.1. The molecule has 7 heteroatoms. The maximum absolute atomic E-state index is 13.6. The topological polar surface area (TPSA) is 49.4 Å². The Morgan fingerprint density at radius 3 is 2.20 bits per heavy atom. The minimum absolute atomic E-state index is 0.00129. The van der Waals surface area contributed by atoms with Gasteiger partial charge >= 0.3 is 0 Å². The van der Waals surface area contributed by atoms with E-state index in [4.69, 9.17) is 23.2 Å². The fourth-order valence-electron chi connectivity index (χ4n) is 3.57. The Kier molecular flexibility index (Phi) is 10.5. The van der Waals surface area contributed by atoms with Crippen molar-refractivity contribution < 1.29 is 9.59 Å². The molecule has 0 aromatic heterocycles. The van der Waals surface area contributed by atoms with Crippen LogP contribution in [0.5, 0.6) is 0 Å². The van der Waals surface area contributed by atoms with Crippen LogP contribution in [0.2, 0.25) is 10.0 Å². The number of amides is 2. The van der Waals surface area contributed by atoms with Crippen LogP contribution in [-0.2, 0) is 22.6 Å². The van der Waals surface area contributed by atoms with Crippen molar-refractivity contribution in [2.24, 2.45) is 0 Å². The molecule has 3 rings (SSSR count). The Balaban J connectivity index is 1.93. The SMILES string of the molecule is CCC(C)NC(=O)C(Cc1ccccc1)N(Cc1ccc(Cl)c(Cl)c1)C(=O)CSc1ccccc1. The summed E-state index contributed by atoms with van der Waals surface area (Å²) >= 11 is 13.8. The lowest BCUT2D eigenvalue weighted by Crippen LogP contribution is -2.52. The largest absolute Gasteiger partial charge is 0.352 e. The molecule has 35 heavy (non-hydrogen) atoms. The number of hydrogen-bond donors (Lipinski definition) is 1. The highest BCUT2D eigenvalue weighted by Crippen LogP contribution is 2.25. The van der Waals surface area contributed by atoms with E-state index >= 15 is 0 Å². The second kappa shape index (κ2) is 13.6. The molecule has 184 valence electrons. The van der Waals surface area contributed by atoms with Gasteiger partial charge in [0.15, 0.2) is 0 Å². The fourth-order valence-corrected chi connectivity index (χ4v) is 4.70. The molecule has 3 aromatic rings. The van der Waals surface area contributed by atoms with Gasteiger partial charge < -0.3 is 10.2 Å². The third-order valence-electron chi connectivity index (χ3n) is 5.71. The number of carbonyl (C=O) groups excluding carboxylic acids is 2. The van der Waals surface area contributed by atoms with Crippen LogP contribution in [0.1, 0.15) is 31.4 Å². The molecule has 1 N–H and O–H groups in total. The summed E-state index contributed by atoms with van der Waals surface area (Å²) in [4.78, 5) is 29.8. The Labute approximate surface area is 222 Å². The first-order chi connectivity index (χ1) is 16.9. The molecule has 2 atom stereocenters. The van der Waals surface area contributed by atoms with Gasteiger partial charge in [0.2, 0.25) is 11.8 Å². The van der Waals surface area contributed by atoms with Crippen molar-refractivity contribution in [1.29, 1.82) is 0 Å². The van der Waals surface area contributed by atoms with Crippen molar-refractivity contribution in [2.75, 3.05) is 5.75 Å². The van der Waals surface area contributed by atoms with Gasteiger partial charge in [-0.3, -0.25) is 9.59 Å². The summed E-state index contributed by atoms with van der Waals surface area (Å²) in [5.74, 6) is -0.0702. The minimum atomic E-state index is -0.676. The second-order valence-corrected chi connectivity index (χ2v) is 10.3. The van der Waals surface area contributed by atoms with Crippen molar-refractivity contribution in [3.05, 3.63) is 100 Å². The van der Waals surface area contributed by atoms with Gasteiger partial charge in [0, 0.05) is 23.9 Å². The van der Waals surface area contributed by atoms with E-state index in [1.807, 2.05) is 80.6 Å². The lowest BCUT2D eigenvalue weighted by atomic mass is 10.0. The molecule has 0 saturated carbocycles. The van der Waals surface area contributed by atoms with E-state index in [9.17, 15) is 9.59 Å². The van der Waals surface area contributed by atoms with Gasteiger partial charge in [0.05, 0.1) is 15.8 Å². The van der Waals surface area contributed by atoms with Crippen molar-refractivity contribution in [2.45, 2.75) is 50.2 Å². The van der Waals surface area contributed by atoms with Crippen molar-refractivity contribution >= 4 is 46.8 Å². The Bertz CT molecular complexity index is 1110. The quantitative estimate of drug-likeness (QED) is 0.283. The van der Waals surface area contributed by atoms with Crippen LogP contribution in [0.3, 0.4) is 0 Å². The lowest BCUT2D eigenvalue weighted by molar-refractivity contribution is -0.139. The van der Waals surface area contributed by atoms with Crippen LogP contribution in [-0.4, -0.2) is 34.6 Å². The number of nitrogens with zero attached hydrogens (tertiary/aromatic N) is 1. The van der Waals surface area contributed by atoms with E-state index in [1.165, 1.54) is 11.8 Å². The fraction of sp³-hybridized carbons (Fsp3) is 0.286. The molecule has 2 amide bonds. The average Bonchev–Trinajstić information content (AvgIpc) is 2.87. The predicted octanol–water partition coefficient (Wildman–Crippen LogP) is 6.64. The smallest absolute Gasteiger partial charge is 0.243 e. The van der Waals surface area contributed by atoms with E-state index in [0.29, 0.717) is 16.5 Å². The van der Waals surface area contributed by atoms with Crippen LogP contribution in [0.15, 0.2) is 83.8 Å². The molecule has 0 fully saturated rings. The summed E-state index contributed by atoms with van der Waals surface area (Å²) in [6.45, 7) is 4.23. The van der Waals surface area contributed by atoms with E-state index in [2.05, 4.69) is 5.32 Å². The first-order valence-electron chi connectivity index (χ1n) is 11.6. The van der Waals surface area contributed by atoms with E-state index in [0.717, 1.165) is 22.4 Å². The minimum Gasteiger partial charge on any atom is -0.352 e. The number of rotatable bonds is 11. The summed E-state index contributed by atoms with van der Waals surface area (Å²) in [7, 11) is 0. The molecule has 0 radical (unpaired) electrons. The number of thioether (sulfide) groups is 1. The molecular formula is C28H30Cl2N2O2S. The second-order valence-electron chi connectivity index (χ2n) is 8.40. The maximum atomic E-state index is 13.6. The zero-order chi connectivity index (χ0) is 25.2. The lowest BCUT2D eigenvalue weighted by Gasteiger charge is -2.32. The van der Waals surface area contributed by atoms with Crippen LogP contribution in [0.4, 0.5) is 0 Å². The zero-order valence-electron chi connectivity index (χ0n) is 19.9. The summed E-state index contributed by atoms with van der Waals surface area (Å²) < 4.78 is 0. The Hall–Kier alpha value is -2.47. The number of carbonyl (C=O) groups is 2. The van der Waals surface area contributed by atoms with Gasteiger partial charge in [0.1, 0.15) is 6.04 Å². The van der Waals surface area contributed by atoms with Crippen LogP contribution >= 0.6 is 35.0 Å². The molecular weight excluding hydrogens is 499 g/mol. The monoisotopic (exact) mass is 528 g/mol. The molecule has 0 aliphatic heterocycles. The normalized spacial score (nSPS) is 12.6. The van der Waals surface area contributed by atoms with Gasteiger partial charge in [-0.15, -0.1) is 11.8 Å². The molecule has 3 aromatic carbocycles. The van der Waals surface area contributed by atoms with E-state index in [-0.39, 0.29) is 30.2 Å². The molecule has 2 unspecified atom stereocenters. The van der Waals surface area contributed by atoms with Gasteiger partial charge in [0.25, 0.3) is 0 Å². The third kappa shape index (κ3) is 8.31. The number of benzene rings is 3. The predicted molar refractivity (Wildman–Crippen MR) is 146 cm³/mol. The molecule has 0 aliphatic rings. The highest BCUT2D eigenvalue weighted by Gasteiger charge is 2.31. The highest BCUT2D eigenvalue weighted by atomic mass is 35.5. The summed E-state index contributed by atoms with van der Waals surface area (Å²) in [6, 6.07) is 24.2. The highest BCUT2D eigenvalue weighted by molar-refractivity contribution is 8.00. The summed E-state index contributed by atoms with van der Waals surface area (Å²) in [5.41, 5.74) is 1.80. The van der Waals surface area contributed by atoms with Gasteiger partial charge in [-0.1, -0.05) is 84.7 Å². The van der Waals surface area contributed by atoms with Gasteiger partial charge in [-0.2, -0.15) is 0 Å². The number of halogens is 2. The Morgan fingerprint density at radius 2 is 1.57 bits per heavy atom. The van der Waals surface area contributed by atoms with Crippen LogP contribution in [0.25, 0.3) is 0 Å². The van der Waals surface area contributed by atoms with Gasteiger partial charge in [-0.05, 0) is 48.7 Å². The molecule has 0 bridgehead atoms. The summed E-state index contributed by atoms with van der Waals surface area (Å²) in [6.07, 6.45) is 1.21. The molecule has 0 spiro atoms. The van der Waals surface area contributed by atoms with E-state index in [1.54, 1.807) is 17.0 Å². The van der Waals surface area contributed by atoms with E-state index < -0.39 is 6.04 Å². The zero-order valence-corrected chi connectivity index (χ0v) is 22.2. The van der Waals surface area contributed by atoms with Crippen LogP contribution in [0, 0.1) is 0 Å². The number of hydrogen-bond acceptors (Lipinski definition) is 3.